The molecule has 1 aliphatic rings. The van der Waals surface area contributed by atoms with E-state index in [-0.39, 0.29) is 18.6 Å². The van der Waals surface area contributed by atoms with Crippen LogP contribution in [0.2, 0.25) is 5.02 Å². The number of nitrogens with one attached hydrogen (secondary N) is 1. The van der Waals surface area contributed by atoms with Crippen LogP contribution in [0.25, 0.3) is 0 Å². The van der Waals surface area contributed by atoms with Crippen molar-refractivity contribution in [3.05, 3.63) is 40.9 Å². The van der Waals surface area contributed by atoms with Crippen molar-refractivity contribution in [2.45, 2.75) is 32.2 Å². The van der Waals surface area contributed by atoms with Gasteiger partial charge in [0.1, 0.15) is 11.6 Å². The van der Waals surface area contributed by atoms with Crippen molar-refractivity contribution in [3.8, 4) is 5.75 Å². The van der Waals surface area contributed by atoms with Gasteiger partial charge >= 0.3 is 0 Å². The summed E-state index contributed by atoms with van der Waals surface area (Å²) in [6.45, 7) is 2.51. The normalized spacial score (nSPS) is 18.0. The minimum absolute atomic E-state index is 0.0381. The van der Waals surface area contributed by atoms with Gasteiger partial charge in [0.15, 0.2) is 12.4 Å². The van der Waals surface area contributed by atoms with Gasteiger partial charge in [-0.1, -0.05) is 23.7 Å². The number of aromatic nitrogens is 3. The number of amides is 1. The van der Waals surface area contributed by atoms with Crippen LogP contribution in [0.15, 0.2) is 24.3 Å². The second-order valence-corrected chi connectivity index (χ2v) is 6.00. The van der Waals surface area contributed by atoms with Gasteiger partial charge in [0, 0.05) is 6.54 Å². The van der Waals surface area contributed by atoms with E-state index in [1.165, 1.54) is 0 Å². The number of halogens is 1. The average Bonchev–Trinajstić information content (AvgIpc) is 3.00. The molecule has 7 heteroatoms. The molecule has 1 amide bonds. The summed E-state index contributed by atoms with van der Waals surface area (Å²) in [4.78, 5) is 18.8. The molecule has 1 aliphatic heterocycles. The number of carbonyl (C=O) groups excluding carboxylic acids is 1. The van der Waals surface area contributed by atoms with Gasteiger partial charge in [0.2, 0.25) is 0 Å². The van der Waals surface area contributed by atoms with Gasteiger partial charge in [-0.3, -0.25) is 9.89 Å². The molecule has 0 spiro atoms. The number of aromatic amines is 1. The van der Waals surface area contributed by atoms with Crippen molar-refractivity contribution in [1.29, 1.82) is 0 Å². The zero-order valence-electron chi connectivity index (χ0n) is 13.0. The van der Waals surface area contributed by atoms with Crippen LogP contribution in [-0.2, 0) is 4.79 Å². The molecule has 0 bridgehead atoms. The van der Waals surface area contributed by atoms with E-state index in [9.17, 15) is 4.79 Å². The predicted molar refractivity (Wildman–Crippen MR) is 86.4 cm³/mol. The number of carbonyl (C=O) groups is 1. The first kappa shape index (κ1) is 15.8. The molecule has 1 N–H and O–H groups in total. The number of piperidine rings is 1. The first-order chi connectivity index (χ1) is 11.1. The van der Waals surface area contributed by atoms with Gasteiger partial charge < -0.3 is 9.64 Å². The van der Waals surface area contributed by atoms with Crippen LogP contribution in [0.4, 0.5) is 0 Å². The summed E-state index contributed by atoms with van der Waals surface area (Å²) in [6, 6.07) is 7.05. The lowest BCUT2D eigenvalue weighted by Crippen LogP contribution is -2.41. The fourth-order valence-corrected chi connectivity index (χ4v) is 2.98. The maximum absolute atomic E-state index is 12.6. The highest BCUT2D eigenvalue weighted by Gasteiger charge is 2.30. The van der Waals surface area contributed by atoms with Crippen LogP contribution in [0.5, 0.6) is 5.75 Å². The average molecular weight is 335 g/mol. The Kier molecular flexibility index (Phi) is 4.81. The molecular weight excluding hydrogens is 316 g/mol. The van der Waals surface area contributed by atoms with Gasteiger partial charge in [0.25, 0.3) is 5.91 Å². The number of H-pyrrole nitrogens is 1. The molecule has 122 valence electrons. The van der Waals surface area contributed by atoms with Crippen LogP contribution in [-0.4, -0.2) is 39.1 Å². The summed E-state index contributed by atoms with van der Waals surface area (Å²) in [5, 5.41) is 7.56. The number of para-hydroxylation sites is 1. The van der Waals surface area contributed by atoms with Gasteiger partial charge in [-0.05, 0) is 38.3 Å². The highest BCUT2D eigenvalue weighted by Crippen LogP contribution is 2.29. The third kappa shape index (κ3) is 3.64. The Hall–Kier alpha value is -2.08. The number of hydrogen-bond acceptors (Lipinski definition) is 4. The lowest BCUT2D eigenvalue weighted by Gasteiger charge is -2.34. The zero-order valence-corrected chi connectivity index (χ0v) is 13.7. The van der Waals surface area contributed by atoms with Crippen LogP contribution >= 0.6 is 11.6 Å². The Bertz CT molecular complexity index is 688. The van der Waals surface area contributed by atoms with Gasteiger partial charge in [-0.15, -0.1) is 0 Å². The molecule has 23 heavy (non-hydrogen) atoms. The summed E-state index contributed by atoms with van der Waals surface area (Å²) in [5.74, 6) is 1.88. The second-order valence-electron chi connectivity index (χ2n) is 5.60. The Labute approximate surface area is 139 Å². The SMILES string of the molecule is Cc1nc([C@H]2CCCCN2C(=O)COc2ccccc2Cl)n[nH]1. The zero-order chi connectivity index (χ0) is 16.2. The van der Waals surface area contributed by atoms with E-state index < -0.39 is 0 Å². The summed E-state index contributed by atoms with van der Waals surface area (Å²) < 4.78 is 5.57. The van der Waals surface area contributed by atoms with Crippen LogP contribution in [0.1, 0.15) is 37.0 Å². The monoisotopic (exact) mass is 334 g/mol. The first-order valence-electron chi connectivity index (χ1n) is 7.71. The molecule has 0 saturated carbocycles. The summed E-state index contributed by atoms with van der Waals surface area (Å²) in [6.07, 6.45) is 2.92. The summed E-state index contributed by atoms with van der Waals surface area (Å²) >= 11 is 6.05. The molecule has 2 aromatic rings. The lowest BCUT2D eigenvalue weighted by molar-refractivity contribution is -0.137. The predicted octanol–water partition coefficient (Wildman–Crippen LogP) is 2.90. The molecule has 1 fully saturated rings. The number of aryl methyl sites for hydroxylation is 1. The van der Waals surface area contributed by atoms with E-state index in [0.717, 1.165) is 25.1 Å². The van der Waals surface area contributed by atoms with Crippen molar-refractivity contribution in [2.24, 2.45) is 0 Å². The maximum atomic E-state index is 12.6. The fourth-order valence-electron chi connectivity index (χ4n) is 2.79. The molecule has 3 rings (SSSR count). The lowest BCUT2D eigenvalue weighted by atomic mass is 10.0. The van der Waals surface area contributed by atoms with Crippen molar-refractivity contribution < 1.29 is 9.53 Å². The van der Waals surface area contributed by atoms with E-state index >= 15 is 0 Å². The van der Waals surface area contributed by atoms with E-state index in [4.69, 9.17) is 16.3 Å². The molecule has 0 radical (unpaired) electrons. The van der Waals surface area contributed by atoms with Gasteiger partial charge in [0.05, 0.1) is 11.1 Å². The van der Waals surface area contributed by atoms with Crippen molar-refractivity contribution >= 4 is 17.5 Å². The molecule has 0 aliphatic carbocycles. The molecule has 1 aromatic heterocycles. The molecule has 6 nitrogen and oxygen atoms in total. The van der Waals surface area contributed by atoms with Gasteiger partial charge in [-0.25, -0.2) is 4.98 Å². The number of likely N-dealkylation sites (tertiary alicyclic amines) is 1. The minimum Gasteiger partial charge on any atom is -0.482 e. The number of hydrogen-bond donors (Lipinski definition) is 1. The number of benzene rings is 1. The highest BCUT2D eigenvalue weighted by molar-refractivity contribution is 6.32. The molecule has 2 heterocycles. The third-order valence-electron chi connectivity index (χ3n) is 3.92. The quantitative estimate of drug-likeness (QED) is 0.933. The minimum atomic E-state index is -0.0870. The van der Waals surface area contributed by atoms with Gasteiger partial charge in [-0.2, -0.15) is 5.10 Å². The largest absolute Gasteiger partial charge is 0.482 e. The standard InChI is InChI=1S/C16H19ClN4O2/c1-11-18-16(20-19-11)13-7-4-5-9-21(13)15(22)10-23-14-8-3-2-6-12(14)17/h2-3,6,8,13H,4-5,7,9-10H2,1H3,(H,18,19,20)/t13-/m1/s1. The second kappa shape index (κ2) is 7.00. The number of ether oxygens (including phenoxy) is 1. The van der Waals surface area contributed by atoms with Crippen LogP contribution in [0, 0.1) is 6.92 Å². The Balaban J connectivity index is 1.68. The first-order valence-corrected chi connectivity index (χ1v) is 8.08. The molecule has 1 atom stereocenters. The van der Waals surface area contributed by atoms with Crippen molar-refractivity contribution in [2.75, 3.05) is 13.2 Å². The summed E-state index contributed by atoms with van der Waals surface area (Å²) in [7, 11) is 0. The van der Waals surface area contributed by atoms with E-state index in [2.05, 4.69) is 15.2 Å². The molecule has 1 saturated heterocycles. The fraction of sp³-hybridized carbons (Fsp3) is 0.438. The molecule has 0 unspecified atom stereocenters. The Morgan fingerprint density at radius 1 is 1.43 bits per heavy atom. The maximum Gasteiger partial charge on any atom is 0.261 e. The smallest absolute Gasteiger partial charge is 0.261 e. The van der Waals surface area contributed by atoms with Crippen molar-refractivity contribution in [3.63, 3.8) is 0 Å². The topological polar surface area (TPSA) is 71.1 Å². The van der Waals surface area contributed by atoms with Crippen molar-refractivity contribution in [1.82, 2.24) is 20.1 Å². The molecule has 1 aromatic carbocycles. The number of nitrogens with zero attached hydrogens (tertiary/aromatic N) is 3. The summed E-state index contributed by atoms with van der Waals surface area (Å²) in [5.41, 5.74) is 0. The Morgan fingerprint density at radius 3 is 3.00 bits per heavy atom. The van der Waals surface area contributed by atoms with E-state index in [1.807, 2.05) is 24.0 Å². The highest BCUT2D eigenvalue weighted by atomic mass is 35.5. The third-order valence-corrected chi connectivity index (χ3v) is 4.24. The molecular formula is C16H19ClN4O2. The number of rotatable bonds is 4. The van der Waals surface area contributed by atoms with E-state index in [0.29, 0.717) is 23.1 Å². The van der Waals surface area contributed by atoms with Crippen LogP contribution in [0.3, 0.4) is 0 Å². The van der Waals surface area contributed by atoms with Crippen LogP contribution < -0.4 is 4.74 Å². The van der Waals surface area contributed by atoms with E-state index in [1.54, 1.807) is 12.1 Å². The Morgan fingerprint density at radius 2 is 2.26 bits per heavy atom.